The minimum atomic E-state index is -0.299. The molecule has 2 N–H and O–H groups in total. The average Bonchev–Trinajstić information content (AvgIpc) is 2.78. The summed E-state index contributed by atoms with van der Waals surface area (Å²) < 4.78 is 24.1. The molecule has 4 heteroatoms. The molecule has 1 aliphatic rings. The Morgan fingerprint density at radius 2 is 2.41 bits per heavy atom. The molecular formula is C13H18FNO2. The Kier molecular flexibility index (Phi) is 3.97. The maximum atomic E-state index is 13.2. The minimum absolute atomic E-state index is 0.162. The molecule has 1 aliphatic heterocycles. The number of rotatable bonds is 4. The number of hydrogen-bond acceptors (Lipinski definition) is 3. The average molecular weight is 239 g/mol. The van der Waals surface area contributed by atoms with Crippen molar-refractivity contribution in [1.29, 1.82) is 0 Å². The smallest absolute Gasteiger partial charge is 0.126 e. The van der Waals surface area contributed by atoms with Crippen molar-refractivity contribution in [2.24, 2.45) is 11.7 Å². The number of hydrogen-bond donors (Lipinski definition) is 1. The maximum Gasteiger partial charge on any atom is 0.126 e. The quantitative estimate of drug-likeness (QED) is 0.876. The highest BCUT2D eigenvalue weighted by Gasteiger charge is 2.17. The minimum Gasteiger partial charge on any atom is -0.493 e. The molecule has 94 valence electrons. The molecule has 2 atom stereocenters. The van der Waals surface area contributed by atoms with Gasteiger partial charge in [-0.15, -0.1) is 0 Å². The first-order valence-corrected chi connectivity index (χ1v) is 5.92. The van der Waals surface area contributed by atoms with Crippen LogP contribution in [0, 0.1) is 11.7 Å². The van der Waals surface area contributed by atoms with Gasteiger partial charge >= 0.3 is 0 Å². The Bertz CT molecular complexity index is 376. The van der Waals surface area contributed by atoms with Crippen molar-refractivity contribution in [2.75, 3.05) is 19.8 Å². The molecule has 0 aliphatic carbocycles. The van der Waals surface area contributed by atoms with Crippen LogP contribution < -0.4 is 10.5 Å². The zero-order chi connectivity index (χ0) is 12.3. The second-order valence-corrected chi connectivity index (χ2v) is 4.51. The first-order chi connectivity index (χ1) is 8.16. The summed E-state index contributed by atoms with van der Waals surface area (Å²) in [6.45, 7) is 3.93. The highest BCUT2D eigenvalue weighted by molar-refractivity contribution is 5.36. The van der Waals surface area contributed by atoms with Crippen LogP contribution in [-0.2, 0) is 4.74 Å². The molecule has 0 radical (unpaired) electrons. The summed E-state index contributed by atoms with van der Waals surface area (Å²) in [6, 6.07) is 4.32. The fourth-order valence-corrected chi connectivity index (χ4v) is 1.93. The highest BCUT2D eigenvalue weighted by atomic mass is 19.1. The molecule has 2 unspecified atom stereocenters. The molecular weight excluding hydrogens is 221 g/mol. The summed E-state index contributed by atoms with van der Waals surface area (Å²) >= 11 is 0. The molecule has 1 aromatic rings. The Labute approximate surface area is 101 Å². The largest absolute Gasteiger partial charge is 0.493 e. The topological polar surface area (TPSA) is 44.5 Å². The Balaban J connectivity index is 2.04. The second-order valence-electron chi connectivity index (χ2n) is 4.51. The van der Waals surface area contributed by atoms with Gasteiger partial charge in [-0.1, -0.05) is 6.07 Å². The molecule has 0 aromatic heterocycles. The van der Waals surface area contributed by atoms with Crippen LogP contribution in [0.5, 0.6) is 5.75 Å². The highest BCUT2D eigenvalue weighted by Crippen LogP contribution is 2.26. The van der Waals surface area contributed by atoms with Crippen LogP contribution in [0.2, 0.25) is 0 Å². The van der Waals surface area contributed by atoms with E-state index in [1.807, 2.05) is 6.92 Å². The van der Waals surface area contributed by atoms with Crippen LogP contribution in [0.25, 0.3) is 0 Å². The van der Waals surface area contributed by atoms with Crippen LogP contribution in [0.4, 0.5) is 4.39 Å². The lowest BCUT2D eigenvalue weighted by atomic mass is 10.1. The van der Waals surface area contributed by atoms with Crippen LogP contribution in [0.15, 0.2) is 18.2 Å². The standard InChI is InChI=1S/C13H18FNO2/c1-9(15)12-3-2-11(14)6-13(12)17-8-10-4-5-16-7-10/h2-3,6,9-10H,4-5,7-8,15H2,1H3. The predicted octanol–water partition coefficient (Wildman–Crippen LogP) is 2.26. The molecule has 2 rings (SSSR count). The molecule has 1 heterocycles. The van der Waals surface area contributed by atoms with Gasteiger partial charge in [-0.2, -0.15) is 0 Å². The van der Waals surface area contributed by atoms with Gasteiger partial charge in [-0.3, -0.25) is 0 Å². The molecule has 0 saturated carbocycles. The van der Waals surface area contributed by atoms with E-state index >= 15 is 0 Å². The van der Waals surface area contributed by atoms with Crippen LogP contribution in [0.3, 0.4) is 0 Å². The van der Waals surface area contributed by atoms with Gasteiger partial charge in [0.15, 0.2) is 0 Å². The molecule has 1 saturated heterocycles. The normalized spacial score (nSPS) is 21.5. The molecule has 1 aromatic carbocycles. The zero-order valence-electron chi connectivity index (χ0n) is 9.99. The number of nitrogens with two attached hydrogens (primary N) is 1. The summed E-state index contributed by atoms with van der Waals surface area (Å²) in [7, 11) is 0. The van der Waals surface area contributed by atoms with Crippen molar-refractivity contribution in [3.8, 4) is 5.75 Å². The van der Waals surface area contributed by atoms with E-state index in [1.165, 1.54) is 12.1 Å². The Morgan fingerprint density at radius 1 is 1.59 bits per heavy atom. The zero-order valence-corrected chi connectivity index (χ0v) is 9.99. The first kappa shape index (κ1) is 12.3. The second kappa shape index (κ2) is 5.47. The third kappa shape index (κ3) is 3.17. The third-order valence-electron chi connectivity index (χ3n) is 2.96. The fraction of sp³-hybridized carbons (Fsp3) is 0.538. The Hall–Kier alpha value is -1.13. The van der Waals surface area contributed by atoms with Crippen molar-refractivity contribution in [2.45, 2.75) is 19.4 Å². The first-order valence-electron chi connectivity index (χ1n) is 5.92. The third-order valence-corrected chi connectivity index (χ3v) is 2.96. The van der Waals surface area contributed by atoms with E-state index in [0.717, 1.165) is 25.2 Å². The van der Waals surface area contributed by atoms with Gasteiger partial charge in [0, 0.05) is 30.2 Å². The van der Waals surface area contributed by atoms with E-state index in [4.69, 9.17) is 15.2 Å². The summed E-state index contributed by atoms with van der Waals surface area (Å²) in [5.41, 5.74) is 6.66. The van der Waals surface area contributed by atoms with Gasteiger partial charge in [0.05, 0.1) is 13.2 Å². The number of ether oxygens (including phenoxy) is 2. The molecule has 0 amide bonds. The lowest BCUT2D eigenvalue weighted by Gasteiger charge is -2.16. The summed E-state index contributed by atoms with van der Waals surface area (Å²) in [4.78, 5) is 0. The lowest BCUT2D eigenvalue weighted by molar-refractivity contribution is 0.166. The van der Waals surface area contributed by atoms with Crippen molar-refractivity contribution < 1.29 is 13.9 Å². The fourth-order valence-electron chi connectivity index (χ4n) is 1.93. The van der Waals surface area contributed by atoms with Gasteiger partial charge in [0.1, 0.15) is 11.6 Å². The molecule has 0 bridgehead atoms. The van der Waals surface area contributed by atoms with Crippen molar-refractivity contribution in [3.05, 3.63) is 29.6 Å². The van der Waals surface area contributed by atoms with Gasteiger partial charge < -0.3 is 15.2 Å². The summed E-state index contributed by atoms with van der Waals surface area (Å²) in [5.74, 6) is 0.651. The van der Waals surface area contributed by atoms with E-state index in [1.54, 1.807) is 6.07 Å². The molecule has 3 nitrogen and oxygen atoms in total. The van der Waals surface area contributed by atoms with Gasteiger partial charge in [-0.25, -0.2) is 4.39 Å². The Morgan fingerprint density at radius 3 is 3.06 bits per heavy atom. The maximum absolute atomic E-state index is 13.2. The van der Waals surface area contributed by atoms with E-state index < -0.39 is 0 Å². The molecule has 1 fully saturated rings. The van der Waals surface area contributed by atoms with Gasteiger partial charge in [0.25, 0.3) is 0 Å². The van der Waals surface area contributed by atoms with Crippen LogP contribution >= 0.6 is 0 Å². The van der Waals surface area contributed by atoms with E-state index in [2.05, 4.69) is 0 Å². The van der Waals surface area contributed by atoms with E-state index in [9.17, 15) is 4.39 Å². The summed E-state index contributed by atoms with van der Waals surface area (Å²) in [6.07, 6.45) is 1.00. The van der Waals surface area contributed by atoms with Gasteiger partial charge in [-0.05, 0) is 19.4 Å². The number of benzene rings is 1. The monoisotopic (exact) mass is 239 g/mol. The SMILES string of the molecule is CC(N)c1ccc(F)cc1OCC1CCOC1. The van der Waals surface area contributed by atoms with Gasteiger partial charge in [0.2, 0.25) is 0 Å². The van der Waals surface area contributed by atoms with E-state index in [0.29, 0.717) is 18.3 Å². The molecule has 17 heavy (non-hydrogen) atoms. The van der Waals surface area contributed by atoms with Crippen molar-refractivity contribution >= 4 is 0 Å². The molecule has 0 spiro atoms. The van der Waals surface area contributed by atoms with Crippen molar-refractivity contribution in [3.63, 3.8) is 0 Å². The predicted molar refractivity (Wildman–Crippen MR) is 63.4 cm³/mol. The summed E-state index contributed by atoms with van der Waals surface area (Å²) in [5, 5.41) is 0. The van der Waals surface area contributed by atoms with Crippen molar-refractivity contribution in [1.82, 2.24) is 0 Å². The lowest BCUT2D eigenvalue weighted by Crippen LogP contribution is -2.14. The van der Waals surface area contributed by atoms with Crippen LogP contribution in [0.1, 0.15) is 24.9 Å². The van der Waals surface area contributed by atoms with Crippen LogP contribution in [-0.4, -0.2) is 19.8 Å². The number of halogens is 1. The van der Waals surface area contributed by atoms with E-state index in [-0.39, 0.29) is 11.9 Å².